The highest BCUT2D eigenvalue weighted by Gasteiger charge is 2.12. The lowest BCUT2D eigenvalue weighted by molar-refractivity contribution is 0.102. The van der Waals surface area contributed by atoms with Gasteiger partial charge >= 0.3 is 0 Å². The van der Waals surface area contributed by atoms with Crippen molar-refractivity contribution in [3.8, 4) is 17.1 Å². The van der Waals surface area contributed by atoms with E-state index < -0.39 is 17.3 Å². The SMILES string of the molecule is O=C(Nc1ccc(-c2nc3ccc(F)cc3[nH]2)cc1)c1ccc(=O)n(-c2ccc(F)cc2)n1. The first-order valence-electron chi connectivity index (χ1n) is 9.90. The fraction of sp³-hybridized carbons (Fsp3) is 0. The standard InChI is InChI=1S/C24H15F2N5O2/c25-15-3-8-18(9-4-15)31-22(32)12-11-20(30-31)24(33)27-17-6-1-14(2-7-17)23-28-19-10-5-16(26)13-21(19)29-23/h1-13H,(H,27,33)(H,28,29). The maximum atomic E-state index is 13.4. The predicted octanol–water partition coefficient (Wildman–Crippen LogP) is 4.31. The third-order valence-electron chi connectivity index (χ3n) is 4.96. The molecule has 2 heterocycles. The van der Waals surface area contributed by atoms with Gasteiger partial charge in [0.1, 0.15) is 23.2 Å². The molecule has 0 aliphatic carbocycles. The molecule has 7 nitrogen and oxygen atoms in total. The molecule has 3 aromatic carbocycles. The number of carbonyl (C=O) groups is 1. The van der Waals surface area contributed by atoms with E-state index in [1.54, 1.807) is 30.3 Å². The molecule has 0 atom stereocenters. The van der Waals surface area contributed by atoms with Crippen LogP contribution in [-0.4, -0.2) is 25.7 Å². The number of fused-ring (bicyclic) bond motifs is 1. The average Bonchev–Trinajstić information content (AvgIpc) is 3.23. The lowest BCUT2D eigenvalue weighted by Crippen LogP contribution is -2.24. The van der Waals surface area contributed by atoms with Crippen molar-refractivity contribution in [3.05, 3.63) is 107 Å². The number of aromatic amines is 1. The van der Waals surface area contributed by atoms with Gasteiger partial charge in [0, 0.05) is 17.3 Å². The second kappa shape index (κ2) is 8.12. The lowest BCUT2D eigenvalue weighted by atomic mass is 10.2. The van der Waals surface area contributed by atoms with Gasteiger partial charge in [0.2, 0.25) is 0 Å². The molecule has 5 aromatic rings. The van der Waals surface area contributed by atoms with E-state index in [0.717, 1.165) is 10.2 Å². The largest absolute Gasteiger partial charge is 0.338 e. The van der Waals surface area contributed by atoms with E-state index >= 15 is 0 Å². The normalized spacial score (nSPS) is 11.0. The van der Waals surface area contributed by atoms with E-state index in [2.05, 4.69) is 20.4 Å². The Morgan fingerprint density at radius 1 is 0.879 bits per heavy atom. The van der Waals surface area contributed by atoms with Gasteiger partial charge in [-0.25, -0.2) is 13.8 Å². The zero-order valence-electron chi connectivity index (χ0n) is 16.9. The molecule has 162 valence electrons. The van der Waals surface area contributed by atoms with Gasteiger partial charge in [-0.2, -0.15) is 9.78 Å². The van der Waals surface area contributed by atoms with Crippen molar-refractivity contribution in [2.75, 3.05) is 5.32 Å². The van der Waals surface area contributed by atoms with E-state index in [4.69, 9.17) is 0 Å². The zero-order chi connectivity index (χ0) is 22.9. The summed E-state index contributed by atoms with van der Waals surface area (Å²) in [4.78, 5) is 32.3. The van der Waals surface area contributed by atoms with Crippen molar-refractivity contribution < 1.29 is 13.6 Å². The maximum Gasteiger partial charge on any atom is 0.276 e. The van der Waals surface area contributed by atoms with Crippen LogP contribution in [0.3, 0.4) is 0 Å². The number of H-pyrrole nitrogens is 1. The number of carbonyl (C=O) groups excluding carboxylic acids is 1. The highest BCUT2D eigenvalue weighted by molar-refractivity contribution is 6.02. The Hall–Kier alpha value is -4.66. The second-order valence-corrected chi connectivity index (χ2v) is 7.22. The van der Waals surface area contributed by atoms with Crippen molar-refractivity contribution in [1.82, 2.24) is 19.7 Å². The molecule has 0 aliphatic heterocycles. The van der Waals surface area contributed by atoms with E-state index in [1.807, 2.05) is 0 Å². The molecule has 2 N–H and O–H groups in total. The Balaban J connectivity index is 1.36. The van der Waals surface area contributed by atoms with E-state index in [1.165, 1.54) is 48.5 Å². The summed E-state index contributed by atoms with van der Waals surface area (Å²) in [5, 5.41) is 6.81. The predicted molar refractivity (Wildman–Crippen MR) is 119 cm³/mol. The number of nitrogens with zero attached hydrogens (tertiary/aromatic N) is 3. The fourth-order valence-electron chi connectivity index (χ4n) is 3.32. The highest BCUT2D eigenvalue weighted by Crippen LogP contribution is 2.23. The van der Waals surface area contributed by atoms with Crippen LogP contribution in [0.15, 0.2) is 83.7 Å². The Morgan fingerprint density at radius 2 is 1.61 bits per heavy atom. The van der Waals surface area contributed by atoms with Crippen LogP contribution in [0.25, 0.3) is 28.1 Å². The van der Waals surface area contributed by atoms with Crippen LogP contribution in [0.5, 0.6) is 0 Å². The van der Waals surface area contributed by atoms with Crippen molar-refractivity contribution in [2.45, 2.75) is 0 Å². The van der Waals surface area contributed by atoms with Gasteiger partial charge in [0.25, 0.3) is 11.5 Å². The first-order valence-corrected chi connectivity index (χ1v) is 9.90. The number of halogens is 2. The van der Waals surface area contributed by atoms with Gasteiger partial charge in [-0.1, -0.05) is 0 Å². The van der Waals surface area contributed by atoms with Gasteiger partial charge in [-0.15, -0.1) is 0 Å². The molecule has 9 heteroatoms. The Kier molecular flexibility index (Phi) is 4.98. The smallest absolute Gasteiger partial charge is 0.276 e. The summed E-state index contributed by atoms with van der Waals surface area (Å²) in [6.07, 6.45) is 0. The van der Waals surface area contributed by atoms with Crippen LogP contribution in [0.4, 0.5) is 14.5 Å². The summed E-state index contributed by atoms with van der Waals surface area (Å²) >= 11 is 0. The van der Waals surface area contributed by atoms with Gasteiger partial charge in [-0.3, -0.25) is 9.59 Å². The van der Waals surface area contributed by atoms with Gasteiger partial charge in [-0.05, 0) is 72.8 Å². The summed E-state index contributed by atoms with van der Waals surface area (Å²) < 4.78 is 27.6. The van der Waals surface area contributed by atoms with E-state index in [0.29, 0.717) is 28.2 Å². The van der Waals surface area contributed by atoms with Gasteiger partial charge in [0.15, 0.2) is 0 Å². The van der Waals surface area contributed by atoms with Gasteiger partial charge in [0.05, 0.1) is 16.7 Å². The summed E-state index contributed by atoms with van der Waals surface area (Å²) in [6, 6.07) is 19.0. The topological polar surface area (TPSA) is 92.7 Å². The molecule has 1 amide bonds. The molecule has 0 saturated carbocycles. The first-order chi connectivity index (χ1) is 16.0. The van der Waals surface area contributed by atoms with Crippen molar-refractivity contribution in [1.29, 1.82) is 0 Å². The number of nitrogens with one attached hydrogen (secondary N) is 2. The monoisotopic (exact) mass is 443 g/mol. The van der Waals surface area contributed by atoms with Gasteiger partial charge < -0.3 is 10.3 Å². The second-order valence-electron chi connectivity index (χ2n) is 7.22. The summed E-state index contributed by atoms with van der Waals surface area (Å²) in [5.41, 5.74) is 2.40. The van der Waals surface area contributed by atoms with E-state index in [-0.39, 0.29) is 11.5 Å². The molecule has 5 rings (SSSR count). The number of anilines is 1. The summed E-state index contributed by atoms with van der Waals surface area (Å²) in [5.74, 6) is -0.742. The van der Waals surface area contributed by atoms with Crippen LogP contribution >= 0.6 is 0 Å². The molecular weight excluding hydrogens is 428 g/mol. The molecule has 0 radical (unpaired) electrons. The molecular formula is C24H15F2N5O2. The van der Waals surface area contributed by atoms with Crippen LogP contribution in [0.1, 0.15) is 10.5 Å². The molecule has 33 heavy (non-hydrogen) atoms. The minimum atomic E-state index is -0.516. The number of hydrogen-bond donors (Lipinski definition) is 2. The highest BCUT2D eigenvalue weighted by atomic mass is 19.1. The van der Waals surface area contributed by atoms with Crippen molar-refractivity contribution in [2.24, 2.45) is 0 Å². The quantitative estimate of drug-likeness (QED) is 0.433. The molecule has 0 spiro atoms. The number of amides is 1. The average molecular weight is 443 g/mol. The molecule has 0 aliphatic rings. The van der Waals surface area contributed by atoms with Crippen LogP contribution < -0.4 is 10.9 Å². The first kappa shape index (κ1) is 20.3. The lowest BCUT2D eigenvalue weighted by Gasteiger charge is -2.08. The number of benzene rings is 3. The molecule has 0 saturated heterocycles. The minimum Gasteiger partial charge on any atom is -0.338 e. The Morgan fingerprint density at radius 3 is 2.36 bits per heavy atom. The third kappa shape index (κ3) is 4.11. The van der Waals surface area contributed by atoms with Crippen molar-refractivity contribution >= 4 is 22.6 Å². The van der Waals surface area contributed by atoms with E-state index in [9.17, 15) is 18.4 Å². The van der Waals surface area contributed by atoms with Crippen LogP contribution in [0.2, 0.25) is 0 Å². The molecule has 0 bridgehead atoms. The van der Waals surface area contributed by atoms with Crippen LogP contribution in [0, 0.1) is 11.6 Å². The van der Waals surface area contributed by atoms with Crippen LogP contribution in [-0.2, 0) is 0 Å². The fourth-order valence-corrected chi connectivity index (χ4v) is 3.32. The molecule has 0 unspecified atom stereocenters. The Bertz CT molecular complexity index is 1540. The zero-order valence-corrected chi connectivity index (χ0v) is 16.9. The molecule has 2 aromatic heterocycles. The number of aromatic nitrogens is 4. The summed E-state index contributed by atoms with van der Waals surface area (Å²) in [7, 11) is 0. The molecule has 0 fully saturated rings. The number of rotatable bonds is 4. The third-order valence-corrected chi connectivity index (χ3v) is 4.96. The Labute approximate surface area is 185 Å². The maximum absolute atomic E-state index is 13.4. The number of imidazole rings is 1. The van der Waals surface area contributed by atoms with Crippen molar-refractivity contribution in [3.63, 3.8) is 0 Å². The minimum absolute atomic E-state index is 0.0160. The summed E-state index contributed by atoms with van der Waals surface area (Å²) in [6.45, 7) is 0. The number of hydrogen-bond acceptors (Lipinski definition) is 4.